The van der Waals surface area contributed by atoms with Gasteiger partial charge in [0.1, 0.15) is 0 Å². The predicted molar refractivity (Wildman–Crippen MR) is 151 cm³/mol. The number of hydrazone groups is 1. The molecule has 0 radical (unpaired) electrons. The van der Waals surface area contributed by atoms with E-state index in [9.17, 15) is 16.8 Å². The zero-order valence-corrected chi connectivity index (χ0v) is 23.3. The smallest absolute Gasteiger partial charge is 0.248 e. The number of halogens is 2. The molecule has 13 heteroatoms. The molecule has 38 heavy (non-hydrogen) atoms. The molecule has 2 atom stereocenters. The minimum Gasteiger partial charge on any atom is -0.248 e. The summed E-state index contributed by atoms with van der Waals surface area (Å²) in [5, 5.41) is 12.3. The van der Waals surface area contributed by atoms with Crippen molar-refractivity contribution in [2.24, 2.45) is 15.2 Å². The molecule has 3 N–H and O–H groups in total. The maximum absolute atomic E-state index is 13.3. The normalized spacial score (nSPS) is 17.3. The van der Waals surface area contributed by atoms with Crippen molar-refractivity contribution < 1.29 is 16.8 Å². The summed E-state index contributed by atoms with van der Waals surface area (Å²) in [4.78, 5) is 4.33. The molecule has 4 rings (SSSR count). The third kappa shape index (κ3) is 7.12. The highest BCUT2D eigenvalue weighted by Crippen LogP contribution is 2.30. The van der Waals surface area contributed by atoms with Gasteiger partial charge in [0, 0.05) is 16.0 Å². The number of hydrogen-bond donors (Lipinski definition) is 2. The first-order chi connectivity index (χ1) is 17.9. The maximum Gasteiger partial charge on any atom is 0.264 e. The lowest BCUT2D eigenvalue weighted by Crippen LogP contribution is -2.42. The van der Waals surface area contributed by atoms with Crippen molar-refractivity contribution >= 4 is 54.9 Å². The molecule has 0 saturated carbocycles. The lowest BCUT2D eigenvalue weighted by Gasteiger charge is -2.21. The Labute approximate surface area is 232 Å². The average Bonchev–Trinajstić information content (AvgIpc) is 3.29. The number of hydrogen-bond acceptors (Lipinski definition) is 6. The minimum absolute atomic E-state index is 0.0468. The van der Waals surface area contributed by atoms with Gasteiger partial charge in [-0.3, -0.25) is 0 Å². The second-order valence-electron chi connectivity index (χ2n) is 8.73. The van der Waals surface area contributed by atoms with Crippen molar-refractivity contribution in [3.63, 3.8) is 0 Å². The van der Waals surface area contributed by atoms with Crippen LogP contribution in [0.1, 0.15) is 24.0 Å². The van der Waals surface area contributed by atoms with E-state index in [4.69, 9.17) is 33.4 Å². The van der Waals surface area contributed by atoms with Gasteiger partial charge in [0.15, 0.2) is 0 Å². The summed E-state index contributed by atoms with van der Waals surface area (Å²) in [5.74, 6) is -0.861. The molecule has 0 unspecified atom stereocenters. The molecule has 1 heterocycles. The molecule has 0 aliphatic carbocycles. The molecular weight excluding hydrogens is 569 g/mol. The quantitative estimate of drug-likeness (QED) is 0.317. The van der Waals surface area contributed by atoms with Gasteiger partial charge in [-0.1, -0.05) is 65.7 Å². The molecular formula is C25H25Cl2N5O4S2. The Bertz CT molecular complexity index is 1560. The molecule has 0 fully saturated rings. The summed E-state index contributed by atoms with van der Waals surface area (Å²) in [6.45, 7) is 1.77. The first-order valence-corrected chi connectivity index (χ1v) is 15.4. The van der Waals surface area contributed by atoms with Crippen molar-refractivity contribution in [2.75, 3.05) is 12.3 Å². The van der Waals surface area contributed by atoms with Crippen LogP contribution in [0.5, 0.6) is 0 Å². The van der Waals surface area contributed by atoms with Gasteiger partial charge in [-0.15, -0.1) is 0 Å². The Hall–Kier alpha value is -2.96. The Kier molecular flexibility index (Phi) is 8.43. The van der Waals surface area contributed by atoms with Crippen LogP contribution in [0.2, 0.25) is 10.0 Å². The van der Waals surface area contributed by atoms with E-state index in [2.05, 4.69) is 9.71 Å². The molecule has 0 bridgehead atoms. The van der Waals surface area contributed by atoms with Crippen LogP contribution in [0.15, 0.2) is 93.9 Å². The monoisotopic (exact) mass is 593 g/mol. The number of nitrogens with one attached hydrogen (secondary N) is 1. The summed E-state index contributed by atoms with van der Waals surface area (Å²) in [6, 6.07) is 21.5. The molecule has 0 spiro atoms. The highest BCUT2D eigenvalue weighted by Gasteiger charge is 2.33. The maximum atomic E-state index is 13.3. The number of aliphatic imine (C=N–C) groups is 1. The lowest BCUT2D eigenvalue weighted by atomic mass is 9.91. The van der Waals surface area contributed by atoms with Gasteiger partial charge < -0.3 is 0 Å². The number of rotatable bonds is 7. The average molecular weight is 595 g/mol. The van der Waals surface area contributed by atoms with Gasteiger partial charge in [-0.05, 0) is 54.4 Å². The van der Waals surface area contributed by atoms with Crippen LogP contribution in [0.4, 0.5) is 0 Å². The number of nitrogens with two attached hydrogens (primary N) is 1. The number of primary sulfonamides is 1. The molecule has 0 saturated heterocycles. The van der Waals surface area contributed by atoms with Crippen LogP contribution in [0.3, 0.4) is 0 Å². The van der Waals surface area contributed by atoms with Gasteiger partial charge in [-0.25, -0.2) is 36.7 Å². The fourth-order valence-electron chi connectivity index (χ4n) is 3.98. The standard InChI is InChI=1S/C25H25Cl2N5O4S2/c1-17(16-37(28,33)34)29-25(31-38(35,36)22-13-11-21(27)12-14-22)32-15-23(18-5-3-2-4-6-18)24(30-32)19-7-9-20(26)10-8-19/h2-14,17,23H,15-16H2,1H3,(H,29,31)(H2,28,33,34)/t17-,23-/m0/s1. The molecule has 9 nitrogen and oxygen atoms in total. The highest BCUT2D eigenvalue weighted by molar-refractivity contribution is 7.90. The van der Waals surface area contributed by atoms with Gasteiger partial charge in [-0.2, -0.15) is 5.10 Å². The van der Waals surface area contributed by atoms with Crippen molar-refractivity contribution in [1.29, 1.82) is 0 Å². The number of benzene rings is 3. The van der Waals surface area contributed by atoms with E-state index in [0.29, 0.717) is 15.8 Å². The first kappa shape index (κ1) is 28.1. The molecule has 3 aromatic rings. The van der Waals surface area contributed by atoms with E-state index < -0.39 is 31.8 Å². The van der Waals surface area contributed by atoms with Crippen molar-refractivity contribution in [1.82, 2.24) is 9.73 Å². The van der Waals surface area contributed by atoms with Gasteiger partial charge in [0.25, 0.3) is 10.0 Å². The number of guanidine groups is 1. The Morgan fingerprint density at radius 3 is 2.16 bits per heavy atom. The van der Waals surface area contributed by atoms with Crippen LogP contribution in [0.25, 0.3) is 0 Å². The van der Waals surface area contributed by atoms with E-state index in [0.717, 1.165) is 11.1 Å². The summed E-state index contributed by atoms with van der Waals surface area (Å²) in [6.07, 6.45) is 0. The van der Waals surface area contributed by atoms with Crippen LogP contribution >= 0.6 is 23.2 Å². The van der Waals surface area contributed by atoms with E-state index in [-0.39, 0.29) is 23.3 Å². The van der Waals surface area contributed by atoms with Crippen molar-refractivity contribution in [3.8, 4) is 0 Å². The van der Waals surface area contributed by atoms with Gasteiger partial charge in [0.2, 0.25) is 16.0 Å². The highest BCUT2D eigenvalue weighted by atomic mass is 35.5. The van der Waals surface area contributed by atoms with Crippen molar-refractivity contribution in [2.45, 2.75) is 23.8 Å². The Morgan fingerprint density at radius 1 is 1.00 bits per heavy atom. The van der Waals surface area contributed by atoms with E-state index in [1.54, 1.807) is 12.1 Å². The van der Waals surface area contributed by atoms with Crippen LogP contribution in [-0.2, 0) is 20.0 Å². The second-order valence-corrected chi connectivity index (χ2v) is 12.9. The third-order valence-electron chi connectivity index (χ3n) is 5.67. The first-order valence-electron chi connectivity index (χ1n) is 11.4. The largest absolute Gasteiger partial charge is 0.264 e. The molecule has 1 aliphatic rings. The SMILES string of the molecule is C[C@@H](CS(N)(=O)=O)/N=C(/NS(=O)(=O)c1ccc(Cl)cc1)N1C[C@@H](c2ccccc2)C(c2ccc(Cl)cc2)=N1. The zero-order chi connectivity index (χ0) is 27.5. The molecule has 0 aromatic heterocycles. The van der Waals surface area contributed by atoms with E-state index in [1.807, 2.05) is 42.5 Å². The molecule has 3 aromatic carbocycles. The van der Waals surface area contributed by atoms with E-state index >= 15 is 0 Å². The predicted octanol–water partition coefficient (Wildman–Crippen LogP) is 3.81. The lowest BCUT2D eigenvalue weighted by molar-refractivity contribution is 0.458. The summed E-state index contributed by atoms with van der Waals surface area (Å²) in [5.41, 5.74) is 2.43. The van der Waals surface area contributed by atoms with Gasteiger partial charge >= 0.3 is 0 Å². The zero-order valence-electron chi connectivity index (χ0n) is 20.2. The summed E-state index contributed by atoms with van der Waals surface area (Å²) in [7, 11) is -7.99. The van der Waals surface area contributed by atoms with Crippen LogP contribution < -0.4 is 9.86 Å². The minimum atomic E-state index is -4.12. The second kappa shape index (κ2) is 11.4. The molecule has 0 amide bonds. The number of nitrogens with zero attached hydrogens (tertiary/aromatic N) is 3. The fourth-order valence-corrected chi connectivity index (χ4v) is 5.99. The molecule has 1 aliphatic heterocycles. The Balaban J connectivity index is 1.77. The van der Waals surface area contributed by atoms with Crippen molar-refractivity contribution in [3.05, 3.63) is 100 Å². The summed E-state index contributed by atoms with van der Waals surface area (Å²) < 4.78 is 52.4. The fraction of sp³-hybridized carbons (Fsp3) is 0.200. The number of sulfonamides is 2. The van der Waals surface area contributed by atoms with Crippen LogP contribution in [0, 0.1) is 0 Å². The van der Waals surface area contributed by atoms with E-state index in [1.165, 1.54) is 36.2 Å². The third-order valence-corrected chi connectivity index (χ3v) is 8.46. The topological polar surface area (TPSA) is 134 Å². The van der Waals surface area contributed by atoms with Gasteiger partial charge in [0.05, 0.1) is 28.9 Å². The summed E-state index contributed by atoms with van der Waals surface area (Å²) >= 11 is 12.0. The Morgan fingerprint density at radius 2 is 1.58 bits per heavy atom. The molecule has 200 valence electrons. The van der Waals surface area contributed by atoms with Crippen LogP contribution in [-0.4, -0.2) is 51.9 Å².